The van der Waals surface area contributed by atoms with Crippen molar-refractivity contribution in [2.75, 3.05) is 7.11 Å². The Labute approximate surface area is 270 Å². The van der Waals surface area contributed by atoms with Gasteiger partial charge in [0.15, 0.2) is 5.78 Å². The minimum atomic E-state index is 0.0259. The summed E-state index contributed by atoms with van der Waals surface area (Å²) in [6.45, 7) is 22.2. The average molecular weight is 605 g/mol. The van der Waals surface area contributed by atoms with Crippen LogP contribution in [0.15, 0.2) is 24.3 Å². The van der Waals surface area contributed by atoms with E-state index in [2.05, 4.69) is 81.4 Å². The summed E-state index contributed by atoms with van der Waals surface area (Å²) in [7, 11) is 1.76. The minimum Gasteiger partial charge on any atom is -0.507 e. The van der Waals surface area contributed by atoms with Crippen molar-refractivity contribution in [3.63, 3.8) is 0 Å². The number of phenolic OH excluding ortho intramolecular Hbond substituents is 1. The van der Waals surface area contributed by atoms with Gasteiger partial charge in [-0.15, -0.1) is 0 Å². The highest BCUT2D eigenvalue weighted by molar-refractivity contribution is 6.08. The van der Waals surface area contributed by atoms with Gasteiger partial charge in [-0.1, -0.05) is 113 Å². The van der Waals surface area contributed by atoms with E-state index in [9.17, 15) is 9.90 Å². The predicted octanol–water partition coefficient (Wildman–Crippen LogP) is 12.8. The van der Waals surface area contributed by atoms with Gasteiger partial charge in [0.2, 0.25) is 0 Å². The molecule has 3 nitrogen and oxygen atoms in total. The number of ketones is 1. The first kappa shape index (κ1) is 37.6. The SMILES string of the molecule is CCCC(C)c1cc(/C=C/C(=O)c2cc(C(C)CCC)c(O)c(C(C)CCC)c2C(C)CCC)c(C(C)CCC)c(OC)c1. The molecule has 0 aliphatic heterocycles. The van der Waals surface area contributed by atoms with Gasteiger partial charge < -0.3 is 9.84 Å². The zero-order valence-electron chi connectivity index (χ0n) is 30.1. The monoisotopic (exact) mass is 604 g/mol. The van der Waals surface area contributed by atoms with Crippen molar-refractivity contribution in [1.82, 2.24) is 0 Å². The largest absolute Gasteiger partial charge is 0.507 e. The van der Waals surface area contributed by atoms with Crippen LogP contribution in [-0.4, -0.2) is 18.0 Å². The Morgan fingerprint density at radius 1 is 0.682 bits per heavy atom. The van der Waals surface area contributed by atoms with Crippen LogP contribution in [0.25, 0.3) is 6.08 Å². The van der Waals surface area contributed by atoms with Crippen LogP contribution in [0, 0.1) is 0 Å². The summed E-state index contributed by atoms with van der Waals surface area (Å²) < 4.78 is 5.99. The molecular formula is C41H64O3. The first-order chi connectivity index (χ1) is 21.0. The van der Waals surface area contributed by atoms with Crippen LogP contribution >= 0.6 is 0 Å². The molecule has 0 heterocycles. The quantitative estimate of drug-likeness (QED) is 0.128. The number of carbonyl (C=O) groups is 1. The summed E-state index contributed by atoms with van der Waals surface area (Å²) in [6.07, 6.45) is 14.2. The average Bonchev–Trinajstić information content (AvgIpc) is 2.99. The summed E-state index contributed by atoms with van der Waals surface area (Å²) in [5.41, 5.74) is 7.26. The predicted molar refractivity (Wildman–Crippen MR) is 191 cm³/mol. The smallest absolute Gasteiger partial charge is 0.186 e. The standard InChI is InChI=1S/C41H64O3/c1-12-17-27(6)33-24-32(38(29(8)19-14-3)37(25-33)44-11)22-23-36(42)35-26-34(28(7)18-13-2)41(43)40(31(10)21-16-5)39(35)30(9)20-15-4/h22-31,43H,12-21H2,1-11H3/b23-22+. The van der Waals surface area contributed by atoms with Gasteiger partial charge in [-0.05, 0) is 102 Å². The number of allylic oxidation sites excluding steroid dienone is 1. The molecular weight excluding hydrogens is 540 g/mol. The normalized spacial score (nSPS) is 15.2. The molecule has 0 saturated carbocycles. The summed E-state index contributed by atoms with van der Waals surface area (Å²) in [6, 6.07) is 6.54. The van der Waals surface area contributed by atoms with Gasteiger partial charge >= 0.3 is 0 Å². The van der Waals surface area contributed by atoms with Crippen molar-refractivity contribution in [3.05, 3.63) is 63.2 Å². The summed E-state index contributed by atoms with van der Waals surface area (Å²) in [5.74, 6) is 2.64. The molecule has 2 rings (SSSR count). The maximum Gasteiger partial charge on any atom is 0.186 e. The maximum atomic E-state index is 14.4. The van der Waals surface area contributed by atoms with E-state index in [1.165, 1.54) is 11.1 Å². The molecule has 246 valence electrons. The molecule has 0 spiro atoms. The Balaban J connectivity index is 2.86. The first-order valence-corrected chi connectivity index (χ1v) is 17.8. The highest BCUT2D eigenvalue weighted by Crippen LogP contribution is 2.45. The van der Waals surface area contributed by atoms with Gasteiger partial charge in [-0.3, -0.25) is 4.79 Å². The first-order valence-electron chi connectivity index (χ1n) is 17.8. The number of methoxy groups -OCH3 is 1. The molecule has 0 saturated heterocycles. The van der Waals surface area contributed by atoms with E-state index in [-0.39, 0.29) is 23.5 Å². The van der Waals surface area contributed by atoms with Crippen LogP contribution < -0.4 is 4.74 Å². The molecule has 0 bridgehead atoms. The third-order valence-electron chi connectivity index (χ3n) is 9.69. The lowest BCUT2D eigenvalue weighted by atomic mass is 9.77. The molecule has 2 aromatic carbocycles. The van der Waals surface area contributed by atoms with E-state index >= 15 is 0 Å². The molecule has 44 heavy (non-hydrogen) atoms. The highest BCUT2D eigenvalue weighted by atomic mass is 16.5. The lowest BCUT2D eigenvalue weighted by Gasteiger charge is -2.27. The molecule has 0 aromatic heterocycles. The third-order valence-corrected chi connectivity index (χ3v) is 9.69. The Kier molecular flexibility index (Phi) is 15.8. The van der Waals surface area contributed by atoms with E-state index in [0.29, 0.717) is 17.6 Å². The van der Waals surface area contributed by atoms with Crippen molar-refractivity contribution < 1.29 is 14.6 Å². The maximum absolute atomic E-state index is 14.4. The summed E-state index contributed by atoms with van der Waals surface area (Å²) in [4.78, 5) is 14.4. The summed E-state index contributed by atoms with van der Waals surface area (Å²) in [5, 5.41) is 11.8. The topological polar surface area (TPSA) is 46.5 Å². The van der Waals surface area contributed by atoms with E-state index in [0.717, 1.165) is 97.8 Å². The number of carbonyl (C=O) groups excluding carboxylic acids is 1. The minimum absolute atomic E-state index is 0.0259. The zero-order chi connectivity index (χ0) is 33.0. The fraction of sp³-hybridized carbons (Fsp3) is 0.634. The van der Waals surface area contributed by atoms with Crippen LogP contribution in [-0.2, 0) is 0 Å². The molecule has 0 amide bonds. The van der Waals surface area contributed by atoms with Gasteiger partial charge in [-0.25, -0.2) is 0 Å². The molecule has 0 fully saturated rings. The van der Waals surface area contributed by atoms with Crippen LogP contribution in [0.5, 0.6) is 11.5 Å². The van der Waals surface area contributed by atoms with Crippen LogP contribution in [0.3, 0.4) is 0 Å². The van der Waals surface area contributed by atoms with E-state index in [4.69, 9.17) is 4.74 Å². The molecule has 0 radical (unpaired) electrons. The second-order valence-electron chi connectivity index (χ2n) is 13.6. The Bertz CT molecular complexity index is 1220. The fourth-order valence-corrected chi connectivity index (χ4v) is 7.30. The van der Waals surface area contributed by atoms with Crippen LogP contribution in [0.2, 0.25) is 0 Å². The van der Waals surface area contributed by atoms with Gasteiger partial charge in [0, 0.05) is 16.7 Å². The Morgan fingerprint density at radius 2 is 1.16 bits per heavy atom. The molecule has 2 aromatic rings. The highest BCUT2D eigenvalue weighted by Gasteiger charge is 2.28. The number of hydrogen-bond donors (Lipinski definition) is 1. The molecule has 5 unspecified atom stereocenters. The summed E-state index contributed by atoms with van der Waals surface area (Å²) >= 11 is 0. The van der Waals surface area contributed by atoms with Crippen LogP contribution in [0.4, 0.5) is 0 Å². The van der Waals surface area contributed by atoms with Crippen molar-refractivity contribution in [3.8, 4) is 11.5 Å². The van der Waals surface area contributed by atoms with Crippen LogP contribution in [0.1, 0.15) is 207 Å². The van der Waals surface area contributed by atoms with Crippen molar-refractivity contribution >= 4 is 11.9 Å². The van der Waals surface area contributed by atoms with Crippen molar-refractivity contribution in [2.45, 2.75) is 163 Å². The number of aromatic hydroxyl groups is 1. The third kappa shape index (κ3) is 9.24. The van der Waals surface area contributed by atoms with Gasteiger partial charge in [0.25, 0.3) is 0 Å². The number of benzene rings is 2. The van der Waals surface area contributed by atoms with E-state index < -0.39 is 0 Å². The van der Waals surface area contributed by atoms with Gasteiger partial charge in [0.1, 0.15) is 11.5 Å². The molecule has 1 N–H and O–H groups in total. The molecule has 5 atom stereocenters. The number of rotatable bonds is 19. The van der Waals surface area contributed by atoms with Crippen molar-refractivity contribution in [2.24, 2.45) is 0 Å². The van der Waals surface area contributed by atoms with Crippen molar-refractivity contribution in [1.29, 1.82) is 0 Å². The van der Waals surface area contributed by atoms with E-state index in [1.807, 2.05) is 12.1 Å². The van der Waals surface area contributed by atoms with Gasteiger partial charge in [-0.2, -0.15) is 0 Å². The van der Waals surface area contributed by atoms with Gasteiger partial charge in [0.05, 0.1) is 7.11 Å². The molecule has 0 aliphatic carbocycles. The number of ether oxygens (including phenoxy) is 1. The van der Waals surface area contributed by atoms with E-state index in [1.54, 1.807) is 13.2 Å². The second-order valence-corrected chi connectivity index (χ2v) is 13.6. The fourth-order valence-electron chi connectivity index (χ4n) is 7.30. The Hall–Kier alpha value is -2.55. The number of phenols is 1. The number of hydrogen-bond acceptors (Lipinski definition) is 3. The lowest BCUT2D eigenvalue weighted by Crippen LogP contribution is -2.13. The molecule has 3 heteroatoms. The Morgan fingerprint density at radius 3 is 1.68 bits per heavy atom. The second kappa shape index (κ2) is 18.4. The molecule has 0 aliphatic rings. The zero-order valence-corrected chi connectivity index (χ0v) is 30.1. The lowest BCUT2D eigenvalue weighted by molar-refractivity contribution is 0.104.